The van der Waals surface area contributed by atoms with Crippen molar-refractivity contribution >= 4 is 5.69 Å². The monoisotopic (exact) mass is 227 g/mol. The Bertz CT molecular complexity index is 450. The van der Waals surface area contributed by atoms with Gasteiger partial charge in [-0.3, -0.25) is 0 Å². The highest BCUT2D eigenvalue weighted by atomic mass is 16.3. The number of benzene rings is 2. The lowest BCUT2D eigenvalue weighted by Gasteiger charge is -2.18. The molecule has 2 N–H and O–H groups in total. The molecule has 1 atom stereocenters. The molecule has 0 aliphatic heterocycles. The number of rotatable bonds is 4. The van der Waals surface area contributed by atoms with Gasteiger partial charge in [-0.1, -0.05) is 37.3 Å². The minimum Gasteiger partial charge on any atom is -0.508 e. The van der Waals surface area contributed by atoms with Gasteiger partial charge >= 0.3 is 0 Å². The molecule has 0 amide bonds. The van der Waals surface area contributed by atoms with Crippen molar-refractivity contribution in [2.45, 2.75) is 19.4 Å². The van der Waals surface area contributed by atoms with Crippen LogP contribution >= 0.6 is 0 Å². The van der Waals surface area contributed by atoms with Gasteiger partial charge in [-0.25, -0.2) is 0 Å². The van der Waals surface area contributed by atoms with E-state index in [4.69, 9.17) is 0 Å². The Hall–Kier alpha value is -1.96. The lowest BCUT2D eigenvalue weighted by atomic mass is 10.0. The quantitative estimate of drug-likeness (QED) is 0.775. The van der Waals surface area contributed by atoms with Crippen molar-refractivity contribution in [2.75, 3.05) is 5.32 Å². The number of aromatic hydroxyl groups is 1. The van der Waals surface area contributed by atoms with Crippen molar-refractivity contribution in [3.05, 3.63) is 60.2 Å². The van der Waals surface area contributed by atoms with Gasteiger partial charge < -0.3 is 10.4 Å². The Labute approximate surface area is 102 Å². The summed E-state index contributed by atoms with van der Waals surface area (Å²) in [6.45, 7) is 2.16. The van der Waals surface area contributed by atoms with Gasteiger partial charge in [0.2, 0.25) is 0 Å². The first-order valence-electron chi connectivity index (χ1n) is 5.90. The van der Waals surface area contributed by atoms with Gasteiger partial charge in [-0.2, -0.15) is 0 Å². The van der Waals surface area contributed by atoms with Crippen LogP contribution in [0.15, 0.2) is 54.6 Å². The molecule has 1 unspecified atom stereocenters. The Morgan fingerprint density at radius 2 is 1.65 bits per heavy atom. The molecule has 0 fully saturated rings. The minimum atomic E-state index is 0.295. The van der Waals surface area contributed by atoms with Crippen LogP contribution < -0.4 is 5.32 Å². The fourth-order valence-corrected chi connectivity index (χ4v) is 1.87. The van der Waals surface area contributed by atoms with Crippen molar-refractivity contribution in [1.29, 1.82) is 0 Å². The van der Waals surface area contributed by atoms with E-state index in [1.54, 1.807) is 12.1 Å². The summed E-state index contributed by atoms with van der Waals surface area (Å²) in [7, 11) is 0. The Balaban J connectivity index is 2.13. The Morgan fingerprint density at radius 3 is 2.24 bits per heavy atom. The number of phenolic OH excluding ortho intramolecular Hbond substituents is 1. The van der Waals surface area contributed by atoms with E-state index in [1.165, 1.54) is 5.56 Å². The van der Waals surface area contributed by atoms with Crippen molar-refractivity contribution in [3.63, 3.8) is 0 Å². The maximum absolute atomic E-state index is 9.24. The summed E-state index contributed by atoms with van der Waals surface area (Å²) < 4.78 is 0. The van der Waals surface area contributed by atoms with Crippen molar-refractivity contribution < 1.29 is 5.11 Å². The van der Waals surface area contributed by atoms with Crippen LogP contribution in [-0.2, 0) is 0 Å². The minimum absolute atomic E-state index is 0.295. The van der Waals surface area contributed by atoms with Gasteiger partial charge in [0, 0.05) is 5.69 Å². The fourth-order valence-electron chi connectivity index (χ4n) is 1.87. The highest BCUT2D eigenvalue weighted by Crippen LogP contribution is 2.23. The number of anilines is 1. The lowest BCUT2D eigenvalue weighted by molar-refractivity contribution is 0.475. The predicted octanol–water partition coefficient (Wildman–Crippen LogP) is 3.96. The van der Waals surface area contributed by atoms with E-state index in [9.17, 15) is 5.11 Å². The predicted molar refractivity (Wildman–Crippen MR) is 71.2 cm³/mol. The molecule has 0 heterocycles. The zero-order valence-corrected chi connectivity index (χ0v) is 9.93. The molecule has 0 aliphatic carbocycles. The summed E-state index contributed by atoms with van der Waals surface area (Å²) >= 11 is 0. The van der Waals surface area contributed by atoms with E-state index in [0.717, 1.165) is 12.1 Å². The first kappa shape index (κ1) is 11.5. The maximum atomic E-state index is 9.24. The molecule has 2 rings (SSSR count). The summed E-state index contributed by atoms with van der Waals surface area (Å²) in [4.78, 5) is 0. The summed E-state index contributed by atoms with van der Waals surface area (Å²) in [5.41, 5.74) is 2.31. The molecule has 2 aromatic rings. The molecule has 2 nitrogen and oxygen atoms in total. The molecule has 88 valence electrons. The van der Waals surface area contributed by atoms with Gasteiger partial charge in [0.1, 0.15) is 5.75 Å². The van der Waals surface area contributed by atoms with Crippen molar-refractivity contribution in [2.24, 2.45) is 0 Å². The normalized spacial score (nSPS) is 12.1. The van der Waals surface area contributed by atoms with Gasteiger partial charge in [0.25, 0.3) is 0 Å². The van der Waals surface area contributed by atoms with E-state index in [2.05, 4.69) is 36.5 Å². The number of phenols is 1. The number of hydrogen-bond donors (Lipinski definition) is 2. The molecule has 0 radical (unpaired) electrons. The van der Waals surface area contributed by atoms with E-state index in [-0.39, 0.29) is 0 Å². The average molecular weight is 227 g/mol. The van der Waals surface area contributed by atoms with E-state index in [1.807, 2.05) is 18.2 Å². The van der Waals surface area contributed by atoms with E-state index in [0.29, 0.717) is 11.8 Å². The highest BCUT2D eigenvalue weighted by molar-refractivity contribution is 5.47. The molecular formula is C15H17NO. The van der Waals surface area contributed by atoms with Crippen LogP contribution in [0.2, 0.25) is 0 Å². The molecule has 2 heteroatoms. The van der Waals surface area contributed by atoms with Crippen LogP contribution in [0.1, 0.15) is 24.9 Å². The number of nitrogens with one attached hydrogen (secondary N) is 1. The molecule has 0 bridgehead atoms. The van der Waals surface area contributed by atoms with Crippen LogP contribution in [0, 0.1) is 0 Å². The van der Waals surface area contributed by atoms with Gasteiger partial charge in [0.15, 0.2) is 0 Å². The molecule has 0 saturated heterocycles. The molecule has 2 aromatic carbocycles. The third kappa shape index (κ3) is 3.00. The molecule has 0 spiro atoms. The standard InChI is InChI=1S/C15H17NO/c1-2-15(12-6-4-3-5-7-12)16-13-8-10-14(17)11-9-13/h3-11,15-17H,2H2,1H3. The lowest BCUT2D eigenvalue weighted by Crippen LogP contribution is -2.09. The summed E-state index contributed by atoms with van der Waals surface area (Å²) in [6, 6.07) is 17.9. The van der Waals surface area contributed by atoms with Crippen LogP contribution in [0.3, 0.4) is 0 Å². The van der Waals surface area contributed by atoms with Crippen LogP contribution in [0.4, 0.5) is 5.69 Å². The maximum Gasteiger partial charge on any atom is 0.115 e. The summed E-state index contributed by atoms with van der Waals surface area (Å²) in [5.74, 6) is 0.295. The molecule has 0 aliphatic rings. The Morgan fingerprint density at radius 1 is 1.00 bits per heavy atom. The third-order valence-electron chi connectivity index (χ3n) is 2.82. The van der Waals surface area contributed by atoms with E-state index >= 15 is 0 Å². The van der Waals surface area contributed by atoms with Crippen LogP contribution in [0.25, 0.3) is 0 Å². The van der Waals surface area contributed by atoms with Crippen molar-refractivity contribution in [1.82, 2.24) is 0 Å². The molecule has 0 aromatic heterocycles. The van der Waals surface area contributed by atoms with Gasteiger partial charge in [0.05, 0.1) is 6.04 Å². The van der Waals surface area contributed by atoms with Crippen LogP contribution in [0.5, 0.6) is 5.75 Å². The smallest absolute Gasteiger partial charge is 0.115 e. The van der Waals surface area contributed by atoms with E-state index < -0.39 is 0 Å². The Kier molecular flexibility index (Phi) is 3.66. The second-order valence-electron chi connectivity index (χ2n) is 4.06. The second-order valence-corrected chi connectivity index (χ2v) is 4.06. The molecule has 0 saturated carbocycles. The van der Waals surface area contributed by atoms with Gasteiger partial charge in [-0.15, -0.1) is 0 Å². The summed E-state index contributed by atoms with van der Waals surface area (Å²) in [6.07, 6.45) is 1.02. The first-order valence-corrected chi connectivity index (χ1v) is 5.90. The first-order chi connectivity index (χ1) is 8.29. The fraction of sp³-hybridized carbons (Fsp3) is 0.200. The average Bonchev–Trinajstić information content (AvgIpc) is 2.39. The highest BCUT2D eigenvalue weighted by Gasteiger charge is 2.07. The largest absolute Gasteiger partial charge is 0.508 e. The van der Waals surface area contributed by atoms with Crippen LogP contribution in [-0.4, -0.2) is 5.11 Å². The molecular weight excluding hydrogens is 210 g/mol. The zero-order chi connectivity index (χ0) is 12.1. The summed E-state index contributed by atoms with van der Waals surface area (Å²) in [5, 5.41) is 12.7. The number of hydrogen-bond acceptors (Lipinski definition) is 2. The zero-order valence-electron chi connectivity index (χ0n) is 9.93. The third-order valence-corrected chi connectivity index (χ3v) is 2.82. The molecule has 17 heavy (non-hydrogen) atoms. The SMILES string of the molecule is CCC(Nc1ccc(O)cc1)c1ccccc1. The second kappa shape index (κ2) is 5.39. The topological polar surface area (TPSA) is 32.3 Å². The van der Waals surface area contributed by atoms with Gasteiger partial charge in [-0.05, 0) is 36.2 Å². The van der Waals surface area contributed by atoms with Crippen molar-refractivity contribution in [3.8, 4) is 5.75 Å².